The molecule has 1 aliphatic heterocycles. The lowest BCUT2D eigenvalue weighted by atomic mass is 10.0. The van der Waals surface area contributed by atoms with Crippen molar-refractivity contribution >= 4 is 11.5 Å². The van der Waals surface area contributed by atoms with Gasteiger partial charge in [0.25, 0.3) is 0 Å². The lowest BCUT2D eigenvalue weighted by Gasteiger charge is -2.29. The molecule has 1 aromatic heterocycles. The summed E-state index contributed by atoms with van der Waals surface area (Å²) in [5.74, 6) is 1.10. The molecule has 0 amide bonds. The predicted molar refractivity (Wildman–Crippen MR) is 97.7 cm³/mol. The lowest BCUT2D eigenvalue weighted by molar-refractivity contribution is 0.243. The average Bonchev–Trinajstić information content (AvgIpc) is 2.65. The number of hydrogen-bond donors (Lipinski definition) is 2. The zero-order valence-corrected chi connectivity index (χ0v) is 13.9. The van der Waals surface area contributed by atoms with Gasteiger partial charge in [-0.2, -0.15) is 0 Å². The third-order valence-electron chi connectivity index (χ3n) is 4.46. The van der Waals surface area contributed by atoms with Crippen LogP contribution in [0.4, 0.5) is 11.5 Å². The summed E-state index contributed by atoms with van der Waals surface area (Å²) in [6.07, 6.45) is 2.55. The summed E-state index contributed by atoms with van der Waals surface area (Å²) in [4.78, 5) is 11.3. The number of anilines is 2. The van der Waals surface area contributed by atoms with E-state index in [9.17, 15) is 5.11 Å². The van der Waals surface area contributed by atoms with Gasteiger partial charge in [0.1, 0.15) is 17.9 Å². The van der Waals surface area contributed by atoms with Crippen molar-refractivity contribution in [2.24, 2.45) is 0 Å². The molecular weight excluding hydrogens is 312 g/mol. The molecular formula is C20H20N4O. The molecule has 3 aromatic rings. The Hall–Kier alpha value is -2.92. The van der Waals surface area contributed by atoms with Gasteiger partial charge < -0.3 is 10.4 Å². The molecule has 0 atom stereocenters. The van der Waals surface area contributed by atoms with E-state index < -0.39 is 0 Å². The van der Waals surface area contributed by atoms with Gasteiger partial charge in [0.2, 0.25) is 0 Å². The van der Waals surface area contributed by atoms with E-state index in [4.69, 9.17) is 0 Å². The fourth-order valence-corrected chi connectivity index (χ4v) is 3.16. The minimum absolute atomic E-state index is 0.254. The van der Waals surface area contributed by atoms with Crippen LogP contribution in [0.1, 0.15) is 16.8 Å². The highest BCUT2D eigenvalue weighted by molar-refractivity contribution is 5.60. The minimum Gasteiger partial charge on any atom is -0.508 e. The number of phenolic OH excluding ortho intramolecular Hbond substituents is 1. The summed E-state index contributed by atoms with van der Waals surface area (Å²) in [5.41, 5.74) is 4.48. The van der Waals surface area contributed by atoms with Crippen molar-refractivity contribution in [3.63, 3.8) is 0 Å². The maximum absolute atomic E-state index is 9.43. The molecule has 2 N–H and O–H groups in total. The van der Waals surface area contributed by atoms with Gasteiger partial charge in [-0.25, -0.2) is 9.97 Å². The lowest BCUT2D eigenvalue weighted by Crippen LogP contribution is -2.31. The Morgan fingerprint density at radius 1 is 1.00 bits per heavy atom. The first-order chi connectivity index (χ1) is 12.3. The highest BCUT2D eigenvalue weighted by Gasteiger charge is 2.21. The molecule has 5 heteroatoms. The summed E-state index contributed by atoms with van der Waals surface area (Å²) >= 11 is 0. The van der Waals surface area contributed by atoms with E-state index in [-0.39, 0.29) is 5.75 Å². The van der Waals surface area contributed by atoms with Crippen LogP contribution in [0.15, 0.2) is 60.9 Å². The van der Waals surface area contributed by atoms with E-state index in [2.05, 4.69) is 44.5 Å². The van der Waals surface area contributed by atoms with Crippen LogP contribution in [0.5, 0.6) is 5.75 Å². The fraction of sp³-hybridized carbons (Fsp3) is 0.200. The normalized spacial score (nSPS) is 14.1. The number of benzene rings is 2. The summed E-state index contributed by atoms with van der Waals surface area (Å²) in [6, 6.07) is 17.5. The van der Waals surface area contributed by atoms with Crippen molar-refractivity contribution in [2.75, 3.05) is 11.9 Å². The number of nitrogens with zero attached hydrogens (tertiary/aromatic N) is 3. The van der Waals surface area contributed by atoms with E-state index in [1.807, 2.05) is 18.2 Å². The van der Waals surface area contributed by atoms with E-state index in [1.54, 1.807) is 18.5 Å². The Morgan fingerprint density at radius 2 is 1.80 bits per heavy atom. The van der Waals surface area contributed by atoms with Crippen LogP contribution in [-0.2, 0) is 19.5 Å². The van der Waals surface area contributed by atoms with Gasteiger partial charge in [0.05, 0.1) is 5.69 Å². The van der Waals surface area contributed by atoms with Crippen molar-refractivity contribution in [3.05, 3.63) is 77.7 Å². The first-order valence-corrected chi connectivity index (χ1v) is 8.43. The van der Waals surface area contributed by atoms with E-state index in [0.29, 0.717) is 0 Å². The molecule has 0 fully saturated rings. The number of aromatic nitrogens is 2. The zero-order valence-electron chi connectivity index (χ0n) is 13.9. The van der Waals surface area contributed by atoms with Crippen LogP contribution in [-0.4, -0.2) is 26.5 Å². The predicted octanol–water partition coefficient (Wildman–Crippen LogP) is 3.48. The summed E-state index contributed by atoms with van der Waals surface area (Å²) < 4.78 is 0. The molecule has 0 unspecified atom stereocenters. The maximum Gasteiger partial charge on any atom is 0.138 e. The number of rotatable bonds is 4. The van der Waals surface area contributed by atoms with E-state index in [1.165, 1.54) is 5.56 Å². The van der Waals surface area contributed by atoms with Crippen molar-refractivity contribution in [2.45, 2.75) is 19.5 Å². The second-order valence-electron chi connectivity index (χ2n) is 6.27. The van der Waals surface area contributed by atoms with Crippen LogP contribution in [0.25, 0.3) is 0 Å². The second-order valence-corrected chi connectivity index (χ2v) is 6.27. The van der Waals surface area contributed by atoms with E-state index >= 15 is 0 Å². The molecule has 1 aliphatic rings. The third kappa shape index (κ3) is 3.61. The Balaban J connectivity index is 1.55. The van der Waals surface area contributed by atoms with Crippen molar-refractivity contribution < 1.29 is 5.11 Å². The van der Waals surface area contributed by atoms with Crippen molar-refractivity contribution in [3.8, 4) is 5.75 Å². The molecule has 0 saturated carbocycles. The molecule has 0 bridgehead atoms. The van der Waals surface area contributed by atoms with Gasteiger partial charge >= 0.3 is 0 Å². The summed E-state index contributed by atoms with van der Waals surface area (Å²) in [7, 11) is 0. The molecule has 2 aromatic carbocycles. The van der Waals surface area contributed by atoms with Gasteiger partial charge in [0.15, 0.2) is 0 Å². The van der Waals surface area contributed by atoms with Gasteiger partial charge in [0, 0.05) is 37.3 Å². The number of phenols is 1. The molecule has 4 rings (SSSR count). The Kier molecular flexibility index (Phi) is 4.31. The highest BCUT2D eigenvalue weighted by atomic mass is 16.3. The first kappa shape index (κ1) is 15.6. The zero-order chi connectivity index (χ0) is 17.1. The average molecular weight is 332 g/mol. The molecule has 0 spiro atoms. The first-order valence-electron chi connectivity index (χ1n) is 8.43. The number of aromatic hydroxyl groups is 1. The third-order valence-corrected chi connectivity index (χ3v) is 4.46. The Labute approximate surface area is 147 Å². The number of hydrogen-bond acceptors (Lipinski definition) is 5. The Morgan fingerprint density at radius 3 is 2.60 bits per heavy atom. The fourth-order valence-electron chi connectivity index (χ4n) is 3.16. The molecule has 2 heterocycles. The summed E-state index contributed by atoms with van der Waals surface area (Å²) in [5, 5.41) is 12.8. The topological polar surface area (TPSA) is 61.3 Å². The standard InChI is InChI=1S/C20H20N4O/c25-17-8-6-16(7-9-17)23-20-18-13-24(11-10-19(18)21-14-22-20)12-15-4-2-1-3-5-15/h1-9,14,25H,10-13H2,(H,21,22,23). The quantitative estimate of drug-likeness (QED) is 0.716. The molecule has 0 radical (unpaired) electrons. The van der Waals surface area contributed by atoms with Gasteiger partial charge in [-0.3, -0.25) is 4.90 Å². The second kappa shape index (κ2) is 6.91. The minimum atomic E-state index is 0.254. The highest BCUT2D eigenvalue weighted by Crippen LogP contribution is 2.27. The maximum atomic E-state index is 9.43. The van der Waals surface area contributed by atoms with Gasteiger partial charge in [-0.05, 0) is 29.8 Å². The SMILES string of the molecule is Oc1ccc(Nc2ncnc3c2CN(Cc2ccccc2)CC3)cc1. The molecule has 0 aliphatic carbocycles. The smallest absolute Gasteiger partial charge is 0.138 e. The van der Waals surface area contributed by atoms with E-state index in [0.717, 1.165) is 48.8 Å². The van der Waals surface area contributed by atoms with Crippen molar-refractivity contribution in [1.82, 2.24) is 14.9 Å². The van der Waals surface area contributed by atoms with Crippen molar-refractivity contribution in [1.29, 1.82) is 0 Å². The largest absolute Gasteiger partial charge is 0.508 e. The molecule has 5 nitrogen and oxygen atoms in total. The van der Waals surface area contributed by atoms with Crippen LogP contribution >= 0.6 is 0 Å². The molecule has 0 saturated heterocycles. The van der Waals surface area contributed by atoms with Crippen LogP contribution in [0.3, 0.4) is 0 Å². The summed E-state index contributed by atoms with van der Waals surface area (Å²) in [6.45, 7) is 2.75. The number of nitrogens with one attached hydrogen (secondary N) is 1. The van der Waals surface area contributed by atoms with Crippen LogP contribution in [0.2, 0.25) is 0 Å². The molecule has 25 heavy (non-hydrogen) atoms. The monoisotopic (exact) mass is 332 g/mol. The number of fused-ring (bicyclic) bond motifs is 1. The Bertz CT molecular complexity index is 849. The van der Waals surface area contributed by atoms with Gasteiger partial charge in [-0.1, -0.05) is 30.3 Å². The van der Waals surface area contributed by atoms with Gasteiger partial charge in [-0.15, -0.1) is 0 Å². The van der Waals surface area contributed by atoms with Crippen LogP contribution in [0, 0.1) is 0 Å². The molecule has 126 valence electrons. The van der Waals surface area contributed by atoms with Crippen LogP contribution < -0.4 is 5.32 Å².